The lowest BCUT2D eigenvalue weighted by atomic mass is 10.0. The van der Waals surface area contributed by atoms with Gasteiger partial charge < -0.3 is 0 Å². The van der Waals surface area contributed by atoms with Crippen LogP contribution >= 0.6 is 0 Å². The highest BCUT2D eigenvalue weighted by Gasteiger charge is 2.19. The van der Waals surface area contributed by atoms with Crippen molar-refractivity contribution in [1.82, 2.24) is 4.90 Å². The summed E-state index contributed by atoms with van der Waals surface area (Å²) in [6.45, 7) is 15.1. The summed E-state index contributed by atoms with van der Waals surface area (Å²) in [7, 11) is 0. The molecule has 2 atom stereocenters. The predicted molar refractivity (Wildman–Crippen MR) is 61.1 cm³/mol. The summed E-state index contributed by atoms with van der Waals surface area (Å²) >= 11 is 0. The molecule has 0 aromatic carbocycles. The van der Waals surface area contributed by atoms with Crippen LogP contribution in [0.5, 0.6) is 0 Å². The predicted octanol–water partition coefficient (Wildman–Crippen LogP) is 3.54. The van der Waals surface area contributed by atoms with Crippen LogP contribution in [0, 0.1) is 5.92 Å². The van der Waals surface area contributed by atoms with Gasteiger partial charge in [-0.25, -0.2) is 0 Å². The average Bonchev–Trinajstić information content (AvgIpc) is 2.11. The third kappa shape index (κ3) is 4.12. The summed E-state index contributed by atoms with van der Waals surface area (Å²) in [6, 6.07) is 1.45. The van der Waals surface area contributed by atoms with Gasteiger partial charge in [-0.1, -0.05) is 27.7 Å². The molecule has 0 aliphatic heterocycles. The lowest BCUT2D eigenvalue weighted by Crippen LogP contribution is -2.43. The Balaban J connectivity index is 4.22. The maximum Gasteiger partial charge on any atom is 0.00927 e. The van der Waals surface area contributed by atoms with Crippen LogP contribution in [0.25, 0.3) is 0 Å². The number of hydrogen-bond donors (Lipinski definition) is 0. The van der Waals surface area contributed by atoms with E-state index >= 15 is 0 Å². The molecule has 0 rings (SSSR count). The van der Waals surface area contributed by atoms with E-state index < -0.39 is 0 Å². The molecule has 1 nitrogen and oxygen atoms in total. The fraction of sp³-hybridized carbons (Fsp3) is 1.00. The minimum absolute atomic E-state index is 0.718. The van der Waals surface area contributed by atoms with Crippen LogP contribution in [0.1, 0.15) is 54.4 Å². The Morgan fingerprint density at radius 3 is 1.85 bits per heavy atom. The summed E-state index contributed by atoms with van der Waals surface area (Å²) < 4.78 is 0. The number of nitrogens with zero attached hydrogens (tertiary/aromatic N) is 1. The summed E-state index contributed by atoms with van der Waals surface area (Å²) in [5.41, 5.74) is 0. The first-order valence-electron chi connectivity index (χ1n) is 5.80. The van der Waals surface area contributed by atoms with Crippen molar-refractivity contribution in [3.05, 3.63) is 0 Å². The van der Waals surface area contributed by atoms with Crippen LogP contribution in [-0.4, -0.2) is 23.5 Å². The monoisotopic (exact) mass is 185 g/mol. The first-order valence-corrected chi connectivity index (χ1v) is 5.80. The van der Waals surface area contributed by atoms with Crippen LogP contribution < -0.4 is 0 Å². The van der Waals surface area contributed by atoms with E-state index in [0.717, 1.165) is 18.0 Å². The molecule has 0 aromatic rings. The molecule has 1 heteroatoms. The van der Waals surface area contributed by atoms with Gasteiger partial charge in [-0.05, 0) is 39.2 Å². The molecule has 80 valence electrons. The standard InChI is InChI=1S/C12H27N/c1-7-9-13(11(5)8-2)12(6)10(3)4/h10-12H,7-9H2,1-6H3/t11-,12?/m1/s1. The molecule has 0 saturated heterocycles. The molecule has 0 spiro atoms. The molecule has 0 aliphatic rings. The zero-order valence-electron chi connectivity index (χ0n) is 10.3. The fourth-order valence-electron chi connectivity index (χ4n) is 1.70. The first kappa shape index (κ1) is 13.0. The van der Waals surface area contributed by atoms with Gasteiger partial charge in [-0.3, -0.25) is 4.90 Å². The molecule has 0 aromatic heterocycles. The first-order chi connectivity index (χ1) is 6.04. The van der Waals surface area contributed by atoms with Crippen LogP contribution in [-0.2, 0) is 0 Å². The third-order valence-electron chi connectivity index (χ3n) is 3.13. The minimum atomic E-state index is 0.718. The molecule has 0 radical (unpaired) electrons. The van der Waals surface area contributed by atoms with Gasteiger partial charge in [0.2, 0.25) is 0 Å². The third-order valence-corrected chi connectivity index (χ3v) is 3.13. The summed E-state index contributed by atoms with van der Waals surface area (Å²) in [5.74, 6) is 0.764. The van der Waals surface area contributed by atoms with Crippen molar-refractivity contribution < 1.29 is 0 Å². The van der Waals surface area contributed by atoms with Gasteiger partial charge in [0.25, 0.3) is 0 Å². The molecule has 0 amide bonds. The Hall–Kier alpha value is -0.0400. The number of rotatable bonds is 6. The maximum absolute atomic E-state index is 2.64. The van der Waals surface area contributed by atoms with E-state index in [1.165, 1.54) is 19.4 Å². The molecule has 1 unspecified atom stereocenters. The molecule has 0 N–H and O–H groups in total. The lowest BCUT2D eigenvalue weighted by Gasteiger charge is -2.36. The quantitative estimate of drug-likeness (QED) is 0.612. The number of hydrogen-bond acceptors (Lipinski definition) is 1. The van der Waals surface area contributed by atoms with Crippen molar-refractivity contribution in [3.8, 4) is 0 Å². The highest BCUT2D eigenvalue weighted by atomic mass is 15.2. The van der Waals surface area contributed by atoms with Gasteiger partial charge in [-0.15, -0.1) is 0 Å². The minimum Gasteiger partial charge on any atom is -0.298 e. The van der Waals surface area contributed by atoms with Gasteiger partial charge in [0.05, 0.1) is 0 Å². The normalized spacial score (nSPS) is 16.6. The second kappa shape index (κ2) is 6.42. The summed E-state index contributed by atoms with van der Waals surface area (Å²) in [4.78, 5) is 2.64. The highest BCUT2D eigenvalue weighted by Crippen LogP contribution is 2.15. The topological polar surface area (TPSA) is 3.24 Å². The maximum atomic E-state index is 2.64. The van der Waals surface area contributed by atoms with Crippen LogP contribution in [0.2, 0.25) is 0 Å². The van der Waals surface area contributed by atoms with Crippen molar-refractivity contribution >= 4 is 0 Å². The average molecular weight is 185 g/mol. The van der Waals surface area contributed by atoms with Crippen LogP contribution in [0.3, 0.4) is 0 Å². The summed E-state index contributed by atoms with van der Waals surface area (Å²) in [5, 5.41) is 0. The van der Waals surface area contributed by atoms with E-state index in [1.54, 1.807) is 0 Å². The van der Waals surface area contributed by atoms with Gasteiger partial charge in [-0.2, -0.15) is 0 Å². The molecule has 0 fully saturated rings. The smallest absolute Gasteiger partial charge is 0.00927 e. The van der Waals surface area contributed by atoms with E-state index in [-0.39, 0.29) is 0 Å². The molecule has 0 saturated carbocycles. The van der Waals surface area contributed by atoms with E-state index in [4.69, 9.17) is 0 Å². The zero-order chi connectivity index (χ0) is 10.4. The van der Waals surface area contributed by atoms with Gasteiger partial charge >= 0.3 is 0 Å². The largest absolute Gasteiger partial charge is 0.298 e. The van der Waals surface area contributed by atoms with Crippen molar-refractivity contribution in [2.24, 2.45) is 5.92 Å². The summed E-state index contributed by atoms with van der Waals surface area (Å²) in [6.07, 6.45) is 2.53. The second-order valence-electron chi connectivity index (χ2n) is 4.48. The lowest BCUT2D eigenvalue weighted by molar-refractivity contribution is 0.118. The van der Waals surface area contributed by atoms with Gasteiger partial charge in [0, 0.05) is 12.1 Å². The zero-order valence-corrected chi connectivity index (χ0v) is 10.3. The molecule has 0 heterocycles. The Morgan fingerprint density at radius 1 is 1.00 bits per heavy atom. The molecule has 0 bridgehead atoms. The van der Waals surface area contributed by atoms with Gasteiger partial charge in [0.15, 0.2) is 0 Å². The molecular weight excluding hydrogens is 158 g/mol. The highest BCUT2D eigenvalue weighted by molar-refractivity contribution is 4.74. The van der Waals surface area contributed by atoms with E-state index in [0.29, 0.717) is 0 Å². The molecule has 0 aliphatic carbocycles. The Labute approximate surface area is 84.5 Å². The van der Waals surface area contributed by atoms with Crippen molar-refractivity contribution in [2.75, 3.05) is 6.54 Å². The van der Waals surface area contributed by atoms with E-state index in [9.17, 15) is 0 Å². The Bertz CT molecular complexity index is 120. The SMILES string of the molecule is CCCN(C(C)C(C)C)[C@H](C)CC. The Kier molecular flexibility index (Phi) is 6.40. The van der Waals surface area contributed by atoms with E-state index in [2.05, 4.69) is 46.4 Å². The van der Waals surface area contributed by atoms with Crippen LogP contribution in [0.4, 0.5) is 0 Å². The van der Waals surface area contributed by atoms with Crippen LogP contribution in [0.15, 0.2) is 0 Å². The van der Waals surface area contributed by atoms with Crippen molar-refractivity contribution in [2.45, 2.75) is 66.5 Å². The Morgan fingerprint density at radius 2 is 1.54 bits per heavy atom. The van der Waals surface area contributed by atoms with Crippen molar-refractivity contribution in [3.63, 3.8) is 0 Å². The van der Waals surface area contributed by atoms with Crippen molar-refractivity contribution in [1.29, 1.82) is 0 Å². The molecule has 13 heavy (non-hydrogen) atoms. The second-order valence-corrected chi connectivity index (χ2v) is 4.48. The van der Waals surface area contributed by atoms with E-state index in [1.807, 2.05) is 0 Å². The molecular formula is C12H27N. The fourth-order valence-corrected chi connectivity index (χ4v) is 1.70. The van der Waals surface area contributed by atoms with Gasteiger partial charge in [0.1, 0.15) is 0 Å².